The van der Waals surface area contributed by atoms with Crippen LogP contribution in [-0.4, -0.2) is 9.85 Å². The fourth-order valence-corrected chi connectivity index (χ4v) is 1.24. The van der Waals surface area contributed by atoms with E-state index >= 15 is 0 Å². The molecule has 0 amide bonds. The monoisotopic (exact) mass is 234 g/mol. The second-order valence-corrected chi connectivity index (χ2v) is 3.23. The van der Waals surface area contributed by atoms with Gasteiger partial charge in [-0.1, -0.05) is 0 Å². The van der Waals surface area contributed by atoms with Crippen LogP contribution in [0.3, 0.4) is 0 Å². The molecule has 0 aliphatic carbocycles. The zero-order valence-corrected chi connectivity index (χ0v) is 8.71. The number of ether oxygens (including phenoxy) is 1. The third kappa shape index (κ3) is 2.54. The first-order chi connectivity index (χ1) is 8.16. The molecule has 0 saturated carbocycles. The molecular formula is C11H9FN3O2+. The maximum atomic E-state index is 13.5. The van der Waals surface area contributed by atoms with Gasteiger partial charge < -0.3 is 4.74 Å². The number of nitroso groups, excluding NO2 is 1. The number of aromatic nitrogens is 1. The summed E-state index contributed by atoms with van der Waals surface area (Å²) in [6, 6.07) is 6.89. The van der Waals surface area contributed by atoms with Gasteiger partial charge in [-0.2, -0.15) is 5.84 Å². The van der Waals surface area contributed by atoms with Gasteiger partial charge in [-0.15, -0.1) is 0 Å². The van der Waals surface area contributed by atoms with Gasteiger partial charge in [0, 0.05) is 18.5 Å². The molecule has 0 radical (unpaired) electrons. The van der Waals surface area contributed by atoms with E-state index in [9.17, 15) is 9.30 Å². The standard InChI is InChI=1S/C11H9FN3O2/c12-10-7-8(15(13)16)1-2-11(10)17-9-3-5-14-6-4-9/h1-7H,(H2,13,16)/q+1. The molecule has 0 aliphatic rings. The van der Waals surface area contributed by atoms with Crippen molar-refractivity contribution in [3.63, 3.8) is 0 Å². The Morgan fingerprint density at radius 2 is 1.94 bits per heavy atom. The number of pyridine rings is 1. The van der Waals surface area contributed by atoms with Crippen molar-refractivity contribution < 1.29 is 14.0 Å². The molecule has 0 unspecified atom stereocenters. The van der Waals surface area contributed by atoms with E-state index in [0.29, 0.717) is 5.75 Å². The third-order valence-corrected chi connectivity index (χ3v) is 2.05. The van der Waals surface area contributed by atoms with E-state index in [2.05, 4.69) is 4.98 Å². The van der Waals surface area contributed by atoms with Crippen LogP contribution < -0.4 is 10.6 Å². The fourth-order valence-electron chi connectivity index (χ4n) is 1.24. The average Bonchev–Trinajstić information content (AvgIpc) is 2.33. The number of nitrogens with two attached hydrogens (primary N) is 1. The molecule has 2 aromatic rings. The molecule has 0 aliphatic heterocycles. The molecule has 2 rings (SSSR count). The number of rotatable bonds is 3. The van der Waals surface area contributed by atoms with E-state index in [1.165, 1.54) is 24.5 Å². The Balaban J connectivity index is 2.26. The van der Waals surface area contributed by atoms with E-state index in [1.807, 2.05) is 0 Å². The predicted octanol–water partition coefficient (Wildman–Crippen LogP) is 2.30. The van der Waals surface area contributed by atoms with Crippen molar-refractivity contribution in [2.75, 3.05) is 0 Å². The Hall–Kier alpha value is -2.50. The van der Waals surface area contributed by atoms with Crippen molar-refractivity contribution in [2.24, 2.45) is 5.84 Å². The Morgan fingerprint density at radius 1 is 1.24 bits per heavy atom. The molecule has 0 saturated heterocycles. The summed E-state index contributed by atoms with van der Waals surface area (Å²) in [4.78, 5) is 14.6. The Kier molecular flexibility index (Phi) is 2.95. The Morgan fingerprint density at radius 3 is 2.53 bits per heavy atom. The highest BCUT2D eigenvalue weighted by Crippen LogP contribution is 2.26. The van der Waals surface area contributed by atoms with E-state index in [1.54, 1.807) is 12.1 Å². The fraction of sp³-hybridized carbons (Fsp3) is 0. The van der Waals surface area contributed by atoms with Crippen molar-refractivity contribution >= 4 is 5.69 Å². The summed E-state index contributed by atoms with van der Waals surface area (Å²) in [5.41, 5.74) is 0.0181. The summed E-state index contributed by atoms with van der Waals surface area (Å²) in [6.45, 7) is 0. The molecule has 1 heterocycles. The number of halogens is 1. The molecule has 1 aromatic carbocycles. The predicted molar refractivity (Wildman–Crippen MR) is 58.2 cm³/mol. The van der Waals surface area contributed by atoms with Crippen LogP contribution in [0.2, 0.25) is 0 Å². The van der Waals surface area contributed by atoms with E-state index < -0.39 is 5.82 Å². The summed E-state index contributed by atoms with van der Waals surface area (Å²) >= 11 is 0. The van der Waals surface area contributed by atoms with Crippen molar-refractivity contribution in [2.45, 2.75) is 0 Å². The normalized spacial score (nSPS) is 9.94. The largest absolute Gasteiger partial charge is 0.454 e. The lowest BCUT2D eigenvalue weighted by Crippen LogP contribution is -2.08. The third-order valence-electron chi connectivity index (χ3n) is 2.05. The van der Waals surface area contributed by atoms with E-state index in [4.69, 9.17) is 10.6 Å². The molecule has 86 valence electrons. The highest BCUT2D eigenvalue weighted by Gasteiger charge is 2.13. The SMILES string of the molecule is N[N+](=O)c1ccc(Oc2ccncc2)c(F)c1. The molecule has 0 bridgehead atoms. The number of hydrogen-bond acceptors (Lipinski definition) is 3. The van der Waals surface area contributed by atoms with Gasteiger partial charge in [0.2, 0.25) is 0 Å². The molecule has 17 heavy (non-hydrogen) atoms. The molecule has 0 atom stereocenters. The summed E-state index contributed by atoms with van der Waals surface area (Å²) in [6.07, 6.45) is 3.06. The van der Waals surface area contributed by atoms with Gasteiger partial charge in [-0.25, -0.2) is 4.39 Å². The molecular weight excluding hydrogens is 225 g/mol. The van der Waals surface area contributed by atoms with Crippen molar-refractivity contribution in [3.8, 4) is 11.5 Å². The van der Waals surface area contributed by atoms with Crippen LogP contribution in [0.1, 0.15) is 0 Å². The van der Waals surface area contributed by atoms with Crippen LogP contribution in [-0.2, 0) is 0 Å². The summed E-state index contributed by atoms with van der Waals surface area (Å²) in [5.74, 6) is 4.76. The molecule has 0 spiro atoms. The van der Waals surface area contributed by atoms with Crippen LogP contribution in [0, 0.1) is 10.7 Å². The molecule has 1 aromatic heterocycles. The maximum absolute atomic E-state index is 13.5. The first kappa shape index (κ1) is 11.0. The zero-order chi connectivity index (χ0) is 12.3. The summed E-state index contributed by atoms with van der Waals surface area (Å²) in [5, 5.41) is 0. The molecule has 6 heteroatoms. The lowest BCUT2D eigenvalue weighted by molar-refractivity contribution is -0.474. The zero-order valence-electron chi connectivity index (χ0n) is 8.71. The highest BCUT2D eigenvalue weighted by atomic mass is 19.1. The smallest absolute Gasteiger partial charge is 0.294 e. The van der Waals surface area contributed by atoms with Crippen LogP contribution in [0.15, 0.2) is 42.7 Å². The van der Waals surface area contributed by atoms with Gasteiger partial charge in [0.05, 0.1) is 11.0 Å². The van der Waals surface area contributed by atoms with Crippen LogP contribution in [0.25, 0.3) is 0 Å². The second-order valence-electron chi connectivity index (χ2n) is 3.23. The lowest BCUT2D eigenvalue weighted by Gasteiger charge is -2.05. The average molecular weight is 234 g/mol. The highest BCUT2D eigenvalue weighted by molar-refractivity contribution is 5.39. The van der Waals surface area contributed by atoms with Crippen LogP contribution in [0.4, 0.5) is 10.1 Å². The molecule has 5 nitrogen and oxygen atoms in total. The molecule has 2 N–H and O–H groups in total. The van der Waals surface area contributed by atoms with Crippen LogP contribution >= 0.6 is 0 Å². The van der Waals surface area contributed by atoms with Gasteiger partial charge in [-0.05, 0) is 18.2 Å². The lowest BCUT2D eigenvalue weighted by atomic mass is 10.3. The number of benzene rings is 1. The van der Waals surface area contributed by atoms with Crippen molar-refractivity contribution in [3.05, 3.63) is 53.4 Å². The minimum absolute atomic E-state index is 0.0156. The number of hydrazine groups is 1. The topological polar surface area (TPSA) is 68.2 Å². The van der Waals surface area contributed by atoms with Gasteiger partial charge in [0.25, 0.3) is 5.69 Å². The summed E-state index contributed by atoms with van der Waals surface area (Å²) in [7, 11) is 0. The second kappa shape index (κ2) is 4.56. The van der Waals surface area contributed by atoms with Crippen LogP contribution in [0.5, 0.6) is 11.5 Å². The van der Waals surface area contributed by atoms with Crippen molar-refractivity contribution in [1.29, 1.82) is 0 Å². The Labute approximate surface area is 96.2 Å². The first-order valence-corrected chi connectivity index (χ1v) is 4.76. The van der Waals surface area contributed by atoms with Gasteiger partial charge in [0.15, 0.2) is 16.4 Å². The number of nitrogens with zero attached hydrogens (tertiary/aromatic N) is 2. The number of hydrogen-bond donors (Lipinski definition) is 1. The van der Waals surface area contributed by atoms with Crippen molar-refractivity contribution in [1.82, 2.24) is 4.98 Å². The minimum atomic E-state index is -0.661. The van der Waals surface area contributed by atoms with E-state index in [0.717, 1.165) is 6.07 Å². The van der Waals surface area contributed by atoms with Gasteiger partial charge >= 0.3 is 0 Å². The quantitative estimate of drug-likeness (QED) is 0.502. The minimum Gasteiger partial charge on any atom is -0.454 e. The maximum Gasteiger partial charge on any atom is 0.294 e. The summed E-state index contributed by atoms with van der Waals surface area (Å²) < 4.78 is 18.8. The molecule has 0 fully saturated rings. The Bertz CT molecular complexity index is 546. The van der Waals surface area contributed by atoms with Gasteiger partial charge in [0.1, 0.15) is 5.75 Å². The first-order valence-electron chi connectivity index (χ1n) is 4.76. The van der Waals surface area contributed by atoms with E-state index in [-0.39, 0.29) is 16.3 Å². The van der Waals surface area contributed by atoms with Gasteiger partial charge in [-0.3, -0.25) is 4.98 Å².